The van der Waals surface area contributed by atoms with Gasteiger partial charge in [0, 0.05) is 12.7 Å². The number of ether oxygens (including phenoxy) is 1. The minimum absolute atomic E-state index is 0.186. The van der Waals surface area contributed by atoms with E-state index in [1.807, 2.05) is 31.5 Å². The molecule has 2 heterocycles. The second kappa shape index (κ2) is 6.12. The monoisotopic (exact) mass is 278 g/mol. The van der Waals surface area contributed by atoms with Crippen LogP contribution in [0.25, 0.3) is 10.2 Å². The summed E-state index contributed by atoms with van der Waals surface area (Å²) in [5, 5.41) is 5.26. The van der Waals surface area contributed by atoms with Crippen LogP contribution in [-0.4, -0.2) is 24.1 Å². The first-order chi connectivity index (χ1) is 9.11. The van der Waals surface area contributed by atoms with Crippen molar-refractivity contribution in [3.8, 4) is 0 Å². The summed E-state index contributed by atoms with van der Waals surface area (Å²) in [6, 6.07) is 3.82. The Balaban J connectivity index is 2.05. The number of hydrogen-bond acceptors (Lipinski definition) is 5. The highest BCUT2D eigenvalue weighted by Crippen LogP contribution is 2.19. The predicted octanol–water partition coefficient (Wildman–Crippen LogP) is 2.58. The molecule has 2 aromatic rings. The van der Waals surface area contributed by atoms with Gasteiger partial charge in [0.1, 0.15) is 6.04 Å². The van der Waals surface area contributed by atoms with E-state index in [0.29, 0.717) is 6.54 Å². The number of nitrogens with zero attached hydrogens (tertiary/aromatic N) is 1. The van der Waals surface area contributed by atoms with E-state index in [4.69, 9.17) is 4.74 Å². The molecule has 0 saturated carbocycles. The van der Waals surface area contributed by atoms with E-state index in [0.717, 1.165) is 11.1 Å². The highest BCUT2D eigenvalue weighted by molar-refractivity contribution is 7.17. The molecule has 4 nitrogen and oxygen atoms in total. The van der Waals surface area contributed by atoms with Crippen LogP contribution in [0, 0.1) is 5.92 Å². The van der Waals surface area contributed by atoms with Crippen LogP contribution in [0.3, 0.4) is 0 Å². The number of esters is 1. The molecule has 0 spiro atoms. The minimum Gasteiger partial charge on any atom is -0.468 e. The lowest BCUT2D eigenvalue weighted by Crippen LogP contribution is -2.41. The molecule has 0 saturated heterocycles. The minimum atomic E-state index is -0.288. The lowest BCUT2D eigenvalue weighted by atomic mass is 10.0. The van der Waals surface area contributed by atoms with Gasteiger partial charge in [0.25, 0.3) is 0 Å². The third-order valence-corrected chi connectivity index (χ3v) is 3.86. The molecule has 0 aromatic carbocycles. The summed E-state index contributed by atoms with van der Waals surface area (Å²) in [5.41, 5.74) is 2.09. The zero-order valence-electron chi connectivity index (χ0n) is 11.3. The number of hydrogen-bond donors (Lipinski definition) is 1. The van der Waals surface area contributed by atoms with E-state index < -0.39 is 0 Å². The van der Waals surface area contributed by atoms with Crippen molar-refractivity contribution in [1.29, 1.82) is 0 Å². The molecule has 0 unspecified atom stereocenters. The summed E-state index contributed by atoms with van der Waals surface area (Å²) in [4.78, 5) is 16.0. The quantitative estimate of drug-likeness (QED) is 0.854. The van der Waals surface area contributed by atoms with Crippen LogP contribution in [0.4, 0.5) is 0 Å². The maximum absolute atomic E-state index is 11.6. The summed E-state index contributed by atoms with van der Waals surface area (Å²) >= 11 is 1.67. The zero-order chi connectivity index (χ0) is 13.8. The first kappa shape index (κ1) is 14.0. The molecule has 2 rings (SSSR count). The average Bonchev–Trinajstić information content (AvgIpc) is 2.85. The fraction of sp³-hybridized carbons (Fsp3) is 0.429. The van der Waals surface area contributed by atoms with Crippen LogP contribution in [-0.2, 0) is 16.1 Å². The van der Waals surface area contributed by atoms with E-state index in [1.54, 1.807) is 11.3 Å². The van der Waals surface area contributed by atoms with Crippen molar-refractivity contribution in [3.05, 3.63) is 29.3 Å². The lowest BCUT2D eigenvalue weighted by molar-refractivity contribution is -0.144. The molecule has 0 aliphatic rings. The normalized spacial score (nSPS) is 12.8. The summed E-state index contributed by atoms with van der Waals surface area (Å²) in [7, 11) is 1.42. The fourth-order valence-corrected chi connectivity index (χ4v) is 2.73. The van der Waals surface area contributed by atoms with Gasteiger partial charge in [-0.1, -0.05) is 13.8 Å². The molecule has 0 amide bonds. The molecule has 5 heteroatoms. The largest absolute Gasteiger partial charge is 0.468 e. The number of carbonyl (C=O) groups excluding carboxylic acids is 1. The van der Waals surface area contributed by atoms with Crippen LogP contribution >= 0.6 is 11.3 Å². The number of aromatic nitrogens is 1. The molecular weight excluding hydrogens is 260 g/mol. The van der Waals surface area contributed by atoms with Gasteiger partial charge in [-0.15, -0.1) is 11.3 Å². The van der Waals surface area contributed by atoms with Crippen molar-refractivity contribution in [2.45, 2.75) is 26.4 Å². The lowest BCUT2D eigenvalue weighted by Gasteiger charge is -2.19. The van der Waals surface area contributed by atoms with E-state index >= 15 is 0 Å². The fourth-order valence-electron chi connectivity index (χ4n) is 1.93. The zero-order valence-corrected chi connectivity index (χ0v) is 12.2. The number of thiophene rings is 1. The van der Waals surface area contributed by atoms with Crippen molar-refractivity contribution in [2.75, 3.05) is 7.11 Å². The first-order valence-electron chi connectivity index (χ1n) is 6.25. The van der Waals surface area contributed by atoms with Crippen LogP contribution in [0.15, 0.2) is 23.7 Å². The Kier molecular flexibility index (Phi) is 4.50. The average molecular weight is 278 g/mol. The number of fused-ring (bicyclic) bond motifs is 1. The molecule has 1 atom stereocenters. The smallest absolute Gasteiger partial charge is 0.323 e. The van der Waals surface area contributed by atoms with Crippen molar-refractivity contribution in [1.82, 2.24) is 10.3 Å². The Morgan fingerprint density at radius 2 is 2.32 bits per heavy atom. The third-order valence-electron chi connectivity index (χ3n) is 3.01. The molecular formula is C14H18N2O2S. The summed E-state index contributed by atoms with van der Waals surface area (Å²) < 4.78 is 5.97. The second-order valence-corrected chi connectivity index (χ2v) is 5.72. The maximum atomic E-state index is 11.6. The number of carbonyl (C=O) groups is 1. The Morgan fingerprint density at radius 3 is 3.00 bits per heavy atom. The number of rotatable bonds is 5. The maximum Gasteiger partial charge on any atom is 0.323 e. The number of methoxy groups -OCH3 is 1. The molecule has 102 valence electrons. The van der Waals surface area contributed by atoms with E-state index in [1.165, 1.54) is 11.8 Å². The van der Waals surface area contributed by atoms with Crippen LogP contribution in [0.1, 0.15) is 19.4 Å². The van der Waals surface area contributed by atoms with Crippen LogP contribution in [0.5, 0.6) is 0 Å². The first-order valence-corrected chi connectivity index (χ1v) is 7.13. The summed E-state index contributed by atoms with van der Waals surface area (Å²) in [6.07, 6.45) is 1.84. The second-order valence-electron chi connectivity index (χ2n) is 4.77. The van der Waals surface area contributed by atoms with Gasteiger partial charge in [-0.05, 0) is 29.0 Å². The van der Waals surface area contributed by atoms with Crippen molar-refractivity contribution < 1.29 is 9.53 Å². The Labute approximate surface area is 116 Å². The molecule has 2 aromatic heterocycles. The highest BCUT2D eigenvalue weighted by atomic mass is 32.1. The van der Waals surface area contributed by atoms with Crippen molar-refractivity contribution in [2.24, 2.45) is 5.92 Å². The van der Waals surface area contributed by atoms with Gasteiger partial charge in [-0.2, -0.15) is 0 Å². The van der Waals surface area contributed by atoms with Gasteiger partial charge in [-0.25, -0.2) is 0 Å². The predicted molar refractivity (Wildman–Crippen MR) is 77.1 cm³/mol. The molecule has 0 bridgehead atoms. The summed E-state index contributed by atoms with van der Waals surface area (Å²) in [5.74, 6) is -0.0361. The Morgan fingerprint density at radius 1 is 1.53 bits per heavy atom. The van der Waals surface area contributed by atoms with E-state index in [-0.39, 0.29) is 17.9 Å². The molecule has 1 N–H and O–H groups in total. The van der Waals surface area contributed by atoms with Gasteiger partial charge < -0.3 is 10.1 Å². The standard InChI is InChI=1S/C14H18N2O2S/c1-9(2)13(14(17)18-3)16-8-10-6-12-11(15-7-10)4-5-19-12/h4-7,9,13,16H,8H2,1-3H3/t13-/m1/s1. The third kappa shape index (κ3) is 3.30. The summed E-state index contributed by atoms with van der Waals surface area (Å²) in [6.45, 7) is 4.60. The Bertz CT molecular complexity index is 565. The van der Waals surface area contributed by atoms with Crippen LogP contribution < -0.4 is 5.32 Å². The Hall–Kier alpha value is -1.46. The number of nitrogens with one attached hydrogen (secondary N) is 1. The van der Waals surface area contributed by atoms with Gasteiger partial charge in [0.15, 0.2) is 0 Å². The molecule has 0 fully saturated rings. The number of pyridine rings is 1. The molecule has 0 aliphatic heterocycles. The van der Waals surface area contributed by atoms with Gasteiger partial charge in [-0.3, -0.25) is 9.78 Å². The van der Waals surface area contributed by atoms with Gasteiger partial charge >= 0.3 is 5.97 Å². The topological polar surface area (TPSA) is 51.2 Å². The molecule has 0 radical (unpaired) electrons. The van der Waals surface area contributed by atoms with Crippen molar-refractivity contribution in [3.63, 3.8) is 0 Å². The SMILES string of the molecule is COC(=O)[C@H](NCc1cnc2ccsc2c1)C(C)C. The molecule has 0 aliphatic carbocycles. The van der Waals surface area contributed by atoms with Crippen LogP contribution in [0.2, 0.25) is 0 Å². The molecule has 19 heavy (non-hydrogen) atoms. The highest BCUT2D eigenvalue weighted by Gasteiger charge is 2.22. The van der Waals surface area contributed by atoms with Crippen molar-refractivity contribution >= 4 is 27.5 Å². The van der Waals surface area contributed by atoms with E-state index in [9.17, 15) is 4.79 Å². The van der Waals surface area contributed by atoms with Gasteiger partial charge in [0.05, 0.1) is 17.3 Å². The van der Waals surface area contributed by atoms with Gasteiger partial charge in [0.2, 0.25) is 0 Å². The van der Waals surface area contributed by atoms with E-state index in [2.05, 4.69) is 16.4 Å².